The highest BCUT2D eigenvalue weighted by Crippen LogP contribution is 2.23. The molecule has 8 heteroatoms. The van der Waals surface area contributed by atoms with E-state index in [2.05, 4.69) is 21.7 Å². The molecular weight excluding hydrogens is 420 g/mol. The van der Waals surface area contributed by atoms with Crippen molar-refractivity contribution >= 4 is 39.4 Å². The highest BCUT2D eigenvalue weighted by molar-refractivity contribution is 5.96. The molecule has 2 aromatic heterocycles. The molecule has 2 heterocycles. The van der Waals surface area contributed by atoms with E-state index in [4.69, 9.17) is 14.8 Å². The summed E-state index contributed by atoms with van der Waals surface area (Å²) in [5.74, 6) is -1.43. The minimum atomic E-state index is -1.13. The van der Waals surface area contributed by atoms with E-state index < -0.39 is 5.97 Å². The van der Waals surface area contributed by atoms with Crippen molar-refractivity contribution in [3.05, 3.63) is 65.5 Å². The molecule has 0 saturated carbocycles. The van der Waals surface area contributed by atoms with E-state index in [0.717, 1.165) is 43.1 Å². The number of amides is 1. The number of aromatic amines is 1. The molecule has 0 spiro atoms. The zero-order valence-corrected chi connectivity index (χ0v) is 18.0. The number of carboxylic acid groups (broad SMARTS) is 1. The fraction of sp³-hybridized carbons (Fsp3) is 0.240. The first-order chi connectivity index (χ1) is 16.0. The summed E-state index contributed by atoms with van der Waals surface area (Å²) in [5, 5.41) is 25.8. The first-order valence-corrected chi connectivity index (χ1v) is 10.8. The summed E-state index contributed by atoms with van der Waals surface area (Å²) in [7, 11) is 0. The third-order valence-electron chi connectivity index (χ3n) is 5.49. The first kappa shape index (κ1) is 22.1. The number of aryl methyl sites for hydroxylation is 1. The molecule has 0 radical (unpaired) electrons. The summed E-state index contributed by atoms with van der Waals surface area (Å²) in [6.45, 7) is 0.936. The quantitative estimate of drug-likeness (QED) is 0.268. The van der Waals surface area contributed by atoms with Crippen LogP contribution in [0, 0.1) is 11.3 Å². The van der Waals surface area contributed by atoms with Crippen molar-refractivity contribution in [3.63, 3.8) is 0 Å². The second kappa shape index (κ2) is 10.0. The lowest BCUT2D eigenvalue weighted by Crippen LogP contribution is -2.28. The van der Waals surface area contributed by atoms with Gasteiger partial charge < -0.3 is 25.1 Å². The number of anilines is 1. The lowest BCUT2D eigenvalue weighted by molar-refractivity contribution is -0.115. The SMILES string of the molecule is N#Cc1ccc2[nH]cc(CCCCCNCC(=O)Nc3ccc4oc(C(=O)O)cc4c3)c2c1. The number of unbranched alkanes of at least 4 members (excludes halogenated alkanes) is 2. The first-order valence-electron chi connectivity index (χ1n) is 10.8. The van der Waals surface area contributed by atoms with Gasteiger partial charge in [-0.2, -0.15) is 5.26 Å². The van der Waals surface area contributed by atoms with Gasteiger partial charge in [0.2, 0.25) is 11.7 Å². The summed E-state index contributed by atoms with van der Waals surface area (Å²) in [5.41, 5.74) is 3.98. The van der Waals surface area contributed by atoms with Gasteiger partial charge in [0.1, 0.15) is 5.58 Å². The number of hydrogen-bond acceptors (Lipinski definition) is 5. The average molecular weight is 444 g/mol. The Morgan fingerprint density at radius 3 is 2.79 bits per heavy atom. The van der Waals surface area contributed by atoms with Gasteiger partial charge in [-0.05, 0) is 73.8 Å². The van der Waals surface area contributed by atoms with Crippen LogP contribution in [0.5, 0.6) is 0 Å². The highest BCUT2D eigenvalue weighted by Gasteiger charge is 2.11. The Morgan fingerprint density at radius 2 is 1.97 bits per heavy atom. The van der Waals surface area contributed by atoms with Crippen molar-refractivity contribution < 1.29 is 19.1 Å². The number of aromatic nitrogens is 1. The number of rotatable bonds is 10. The average Bonchev–Trinajstić information content (AvgIpc) is 3.42. The van der Waals surface area contributed by atoms with Crippen molar-refractivity contribution in [3.8, 4) is 6.07 Å². The zero-order valence-electron chi connectivity index (χ0n) is 18.0. The number of nitrogens with one attached hydrogen (secondary N) is 3. The Bertz CT molecular complexity index is 1350. The van der Waals surface area contributed by atoms with Gasteiger partial charge in [0.25, 0.3) is 0 Å². The minimum absolute atomic E-state index is 0.133. The molecule has 0 saturated heterocycles. The van der Waals surface area contributed by atoms with Crippen LogP contribution in [-0.2, 0) is 11.2 Å². The summed E-state index contributed by atoms with van der Waals surface area (Å²) < 4.78 is 5.22. The maximum Gasteiger partial charge on any atom is 0.371 e. The second-order valence-corrected chi connectivity index (χ2v) is 7.89. The molecule has 0 unspecified atom stereocenters. The number of aromatic carboxylic acids is 1. The summed E-state index contributed by atoms with van der Waals surface area (Å²) >= 11 is 0. The summed E-state index contributed by atoms with van der Waals surface area (Å²) in [6.07, 6.45) is 5.97. The van der Waals surface area contributed by atoms with Crippen LogP contribution in [0.15, 0.2) is 53.1 Å². The van der Waals surface area contributed by atoms with Crippen LogP contribution in [0.4, 0.5) is 5.69 Å². The Morgan fingerprint density at radius 1 is 1.09 bits per heavy atom. The van der Waals surface area contributed by atoms with Crippen LogP contribution in [-0.4, -0.2) is 35.1 Å². The van der Waals surface area contributed by atoms with Gasteiger partial charge in [-0.1, -0.05) is 6.42 Å². The maximum atomic E-state index is 12.2. The molecule has 0 aliphatic rings. The molecule has 8 nitrogen and oxygen atoms in total. The van der Waals surface area contributed by atoms with E-state index in [-0.39, 0.29) is 18.2 Å². The van der Waals surface area contributed by atoms with Gasteiger partial charge in [0.05, 0.1) is 18.2 Å². The van der Waals surface area contributed by atoms with Crippen LogP contribution >= 0.6 is 0 Å². The van der Waals surface area contributed by atoms with E-state index in [9.17, 15) is 9.59 Å². The molecule has 0 bridgehead atoms. The molecule has 33 heavy (non-hydrogen) atoms. The number of benzene rings is 2. The molecule has 2 aromatic carbocycles. The number of H-pyrrole nitrogens is 1. The van der Waals surface area contributed by atoms with Crippen LogP contribution in [0.2, 0.25) is 0 Å². The number of carbonyl (C=O) groups is 2. The van der Waals surface area contributed by atoms with E-state index in [1.807, 2.05) is 24.4 Å². The van der Waals surface area contributed by atoms with E-state index in [1.54, 1.807) is 18.2 Å². The van der Waals surface area contributed by atoms with Crippen molar-refractivity contribution in [1.29, 1.82) is 5.26 Å². The minimum Gasteiger partial charge on any atom is -0.475 e. The van der Waals surface area contributed by atoms with E-state index in [0.29, 0.717) is 22.2 Å². The largest absolute Gasteiger partial charge is 0.475 e. The second-order valence-electron chi connectivity index (χ2n) is 7.89. The summed E-state index contributed by atoms with van der Waals surface area (Å²) in [4.78, 5) is 26.4. The number of fused-ring (bicyclic) bond motifs is 2. The van der Waals surface area contributed by atoms with Crippen LogP contribution in [0.1, 0.15) is 40.9 Å². The van der Waals surface area contributed by atoms with Gasteiger partial charge in [0.15, 0.2) is 0 Å². The van der Waals surface area contributed by atoms with Crippen molar-refractivity contribution in [2.45, 2.75) is 25.7 Å². The van der Waals surface area contributed by atoms with Gasteiger partial charge in [-0.15, -0.1) is 0 Å². The summed E-state index contributed by atoms with van der Waals surface area (Å²) in [6, 6.07) is 14.3. The van der Waals surface area contributed by atoms with Crippen molar-refractivity contribution in [2.75, 3.05) is 18.4 Å². The zero-order chi connectivity index (χ0) is 23.2. The predicted molar refractivity (Wildman–Crippen MR) is 125 cm³/mol. The predicted octanol–water partition coefficient (Wildman–Crippen LogP) is 4.43. The fourth-order valence-corrected chi connectivity index (χ4v) is 3.83. The van der Waals surface area contributed by atoms with Crippen LogP contribution in [0.3, 0.4) is 0 Å². The molecule has 0 atom stereocenters. The molecule has 1 amide bonds. The number of carboxylic acids is 1. The monoisotopic (exact) mass is 444 g/mol. The molecule has 4 aromatic rings. The van der Waals surface area contributed by atoms with Crippen molar-refractivity contribution in [1.82, 2.24) is 10.3 Å². The molecule has 168 valence electrons. The standard InChI is InChI=1S/C25H24N4O4/c26-13-16-5-7-21-20(10-16)17(14-28-21)4-2-1-3-9-27-15-24(30)29-19-6-8-22-18(11-19)12-23(33-22)25(31)32/h5-8,10-12,14,27-28H,1-4,9,15H2,(H,29,30)(H,31,32). The fourth-order valence-electron chi connectivity index (χ4n) is 3.83. The normalized spacial score (nSPS) is 11.0. The van der Waals surface area contributed by atoms with Gasteiger partial charge in [-0.3, -0.25) is 4.79 Å². The van der Waals surface area contributed by atoms with Gasteiger partial charge in [0, 0.05) is 28.2 Å². The third-order valence-corrected chi connectivity index (χ3v) is 5.49. The molecule has 0 aliphatic carbocycles. The number of hydrogen-bond donors (Lipinski definition) is 4. The smallest absolute Gasteiger partial charge is 0.371 e. The third kappa shape index (κ3) is 5.40. The Labute approximate surface area is 190 Å². The van der Waals surface area contributed by atoms with Crippen LogP contribution in [0.25, 0.3) is 21.9 Å². The highest BCUT2D eigenvalue weighted by atomic mass is 16.4. The molecular formula is C25H24N4O4. The Balaban J connectivity index is 1.16. The number of furan rings is 1. The molecule has 0 fully saturated rings. The molecule has 0 aliphatic heterocycles. The van der Waals surface area contributed by atoms with Gasteiger partial charge in [-0.25, -0.2) is 4.79 Å². The Kier molecular flexibility index (Phi) is 6.72. The number of nitriles is 1. The van der Waals surface area contributed by atoms with E-state index in [1.165, 1.54) is 11.6 Å². The lowest BCUT2D eigenvalue weighted by Gasteiger charge is -2.07. The van der Waals surface area contributed by atoms with Crippen molar-refractivity contribution in [2.24, 2.45) is 0 Å². The molecule has 4 rings (SSSR count). The number of carbonyl (C=O) groups excluding carboxylic acids is 1. The van der Waals surface area contributed by atoms with Gasteiger partial charge >= 0.3 is 5.97 Å². The van der Waals surface area contributed by atoms with Crippen LogP contribution < -0.4 is 10.6 Å². The maximum absolute atomic E-state index is 12.2. The molecule has 4 N–H and O–H groups in total. The Hall–Kier alpha value is -4.09. The van der Waals surface area contributed by atoms with E-state index >= 15 is 0 Å². The number of nitrogens with zero attached hydrogens (tertiary/aromatic N) is 1. The lowest BCUT2D eigenvalue weighted by atomic mass is 10.0. The topological polar surface area (TPSA) is 131 Å².